The number of esters is 1. The van der Waals surface area contributed by atoms with E-state index in [2.05, 4.69) is 25.5 Å². The number of Topliss-reactive ketones (excluding diaryl/α,β-unsaturated/α-hetero) is 1. The molecule has 0 aliphatic carbocycles. The van der Waals surface area contributed by atoms with E-state index in [1.165, 1.54) is 6.92 Å². The van der Waals surface area contributed by atoms with Crippen LogP contribution in [0.1, 0.15) is 40.5 Å². The van der Waals surface area contributed by atoms with E-state index < -0.39 is 5.97 Å². The number of hydrogen-bond acceptors (Lipinski definition) is 3. The van der Waals surface area contributed by atoms with Crippen LogP contribution in [0.5, 0.6) is 0 Å². The van der Waals surface area contributed by atoms with E-state index in [0.717, 1.165) is 12.3 Å². The summed E-state index contributed by atoms with van der Waals surface area (Å²) < 4.78 is 4.49. The van der Waals surface area contributed by atoms with Crippen molar-refractivity contribution in [3.05, 3.63) is 6.92 Å². The molecular formula is C11H21O3. The Bertz CT molecular complexity index is 162. The van der Waals surface area contributed by atoms with Crippen molar-refractivity contribution < 1.29 is 14.3 Å². The predicted octanol–water partition coefficient (Wildman–Crippen LogP) is 2.40. The van der Waals surface area contributed by atoms with E-state index in [9.17, 15) is 9.59 Å². The molecule has 0 N–H and O–H groups in total. The third-order valence-electron chi connectivity index (χ3n) is 1.28. The fourth-order valence-electron chi connectivity index (χ4n) is 0.415. The lowest BCUT2D eigenvalue weighted by molar-refractivity contribution is -0.145. The zero-order valence-electron chi connectivity index (χ0n) is 9.63. The molecule has 0 fully saturated rings. The van der Waals surface area contributed by atoms with Crippen LogP contribution in [0.4, 0.5) is 0 Å². The van der Waals surface area contributed by atoms with E-state index in [-0.39, 0.29) is 12.2 Å². The van der Waals surface area contributed by atoms with Gasteiger partial charge in [0.15, 0.2) is 0 Å². The summed E-state index contributed by atoms with van der Waals surface area (Å²) in [7, 11) is 0. The third kappa shape index (κ3) is 17.3. The summed E-state index contributed by atoms with van der Waals surface area (Å²) in [4.78, 5) is 20.6. The van der Waals surface area contributed by atoms with Crippen LogP contribution in [-0.4, -0.2) is 18.4 Å². The number of ketones is 1. The highest BCUT2D eigenvalue weighted by Crippen LogP contribution is 1.93. The van der Waals surface area contributed by atoms with Gasteiger partial charge in [-0.3, -0.25) is 9.59 Å². The van der Waals surface area contributed by atoms with Gasteiger partial charge in [0.05, 0.1) is 6.61 Å². The lowest BCUT2D eigenvalue weighted by Gasteiger charge is -1.96. The Morgan fingerprint density at radius 3 is 2.00 bits per heavy atom. The highest BCUT2D eigenvalue weighted by Gasteiger charge is 2.03. The first kappa shape index (κ1) is 15.6. The number of carbonyl (C=O) groups is 2. The van der Waals surface area contributed by atoms with Crippen molar-refractivity contribution in [3.8, 4) is 0 Å². The average molecular weight is 201 g/mol. The standard InChI is InChI=1S/C6H10O3.C5H11/c1-3-9-6(8)4-5(2)7;1-4-5(2)3/h3-4H2,1-2H3;5H,1,4H2,2-3H3. The molecule has 3 heteroatoms. The molecule has 0 atom stereocenters. The van der Waals surface area contributed by atoms with Crippen molar-refractivity contribution in [2.24, 2.45) is 5.92 Å². The van der Waals surface area contributed by atoms with Gasteiger partial charge >= 0.3 is 5.97 Å². The maximum absolute atomic E-state index is 10.4. The first-order valence-electron chi connectivity index (χ1n) is 4.88. The number of rotatable bonds is 4. The summed E-state index contributed by atoms with van der Waals surface area (Å²) in [6.07, 6.45) is 0.952. The minimum atomic E-state index is -0.440. The van der Waals surface area contributed by atoms with Gasteiger partial charge in [0.1, 0.15) is 12.2 Å². The predicted molar refractivity (Wildman–Crippen MR) is 56.7 cm³/mol. The molecule has 0 spiro atoms. The molecule has 0 aromatic heterocycles. The Labute approximate surface area is 86.8 Å². The molecule has 0 aromatic rings. The molecule has 3 nitrogen and oxygen atoms in total. The molecule has 0 aliphatic heterocycles. The van der Waals surface area contributed by atoms with Crippen molar-refractivity contribution >= 4 is 11.8 Å². The van der Waals surface area contributed by atoms with E-state index in [1.54, 1.807) is 6.92 Å². The SMILES string of the molecule is CCOC(=O)CC(C)=O.[CH2]CC(C)C. The lowest BCUT2D eigenvalue weighted by atomic mass is 10.2. The number of carbonyl (C=O) groups excluding carboxylic acids is 2. The van der Waals surface area contributed by atoms with Crippen LogP contribution >= 0.6 is 0 Å². The molecule has 0 aromatic carbocycles. The Morgan fingerprint density at radius 2 is 1.79 bits per heavy atom. The fraction of sp³-hybridized carbons (Fsp3) is 0.727. The topological polar surface area (TPSA) is 43.4 Å². The summed E-state index contributed by atoms with van der Waals surface area (Å²) >= 11 is 0. The highest BCUT2D eigenvalue weighted by molar-refractivity contribution is 5.94. The zero-order chi connectivity index (χ0) is 11.6. The second kappa shape index (κ2) is 10.2. The molecule has 0 saturated heterocycles. The van der Waals surface area contributed by atoms with Crippen molar-refractivity contribution in [2.75, 3.05) is 6.61 Å². The Kier molecular flexibility index (Phi) is 11.4. The van der Waals surface area contributed by atoms with Crippen LogP contribution in [0, 0.1) is 12.8 Å². The van der Waals surface area contributed by atoms with Crippen molar-refractivity contribution in [2.45, 2.75) is 40.5 Å². The van der Waals surface area contributed by atoms with Crippen molar-refractivity contribution in [1.82, 2.24) is 0 Å². The maximum atomic E-state index is 10.4. The van der Waals surface area contributed by atoms with Crippen LogP contribution in [-0.2, 0) is 14.3 Å². The minimum Gasteiger partial charge on any atom is -0.466 e. The monoisotopic (exact) mass is 201 g/mol. The zero-order valence-corrected chi connectivity index (χ0v) is 9.63. The molecule has 0 saturated carbocycles. The van der Waals surface area contributed by atoms with E-state index >= 15 is 0 Å². The molecule has 0 bridgehead atoms. The first-order chi connectivity index (χ1) is 6.43. The number of hydrogen-bond donors (Lipinski definition) is 0. The van der Waals surface area contributed by atoms with Gasteiger partial charge in [-0.2, -0.15) is 0 Å². The van der Waals surface area contributed by atoms with Gasteiger partial charge in [-0.05, 0) is 19.8 Å². The molecule has 14 heavy (non-hydrogen) atoms. The lowest BCUT2D eigenvalue weighted by Crippen LogP contribution is -2.07. The molecule has 1 radical (unpaired) electrons. The van der Waals surface area contributed by atoms with Gasteiger partial charge in [-0.15, -0.1) is 0 Å². The summed E-state index contributed by atoms with van der Waals surface area (Å²) in [5, 5.41) is 0. The molecule has 0 unspecified atom stereocenters. The second-order valence-electron chi connectivity index (χ2n) is 3.37. The second-order valence-corrected chi connectivity index (χ2v) is 3.37. The van der Waals surface area contributed by atoms with E-state index in [1.807, 2.05) is 0 Å². The molecular weight excluding hydrogens is 180 g/mol. The average Bonchev–Trinajstić information content (AvgIpc) is 2.04. The molecule has 0 heterocycles. The Hall–Kier alpha value is -0.860. The summed E-state index contributed by atoms with van der Waals surface area (Å²) in [5.41, 5.74) is 0. The van der Waals surface area contributed by atoms with E-state index in [0.29, 0.717) is 6.61 Å². The minimum absolute atomic E-state index is 0.103. The first-order valence-corrected chi connectivity index (χ1v) is 4.88. The van der Waals surface area contributed by atoms with Crippen LogP contribution in [0.15, 0.2) is 0 Å². The van der Waals surface area contributed by atoms with Gasteiger partial charge in [0, 0.05) is 0 Å². The Morgan fingerprint density at radius 1 is 1.36 bits per heavy atom. The smallest absolute Gasteiger partial charge is 0.313 e. The quantitative estimate of drug-likeness (QED) is 0.518. The van der Waals surface area contributed by atoms with Gasteiger partial charge in [-0.25, -0.2) is 0 Å². The number of ether oxygens (including phenoxy) is 1. The van der Waals surface area contributed by atoms with Gasteiger partial charge in [0.2, 0.25) is 0 Å². The molecule has 83 valence electrons. The summed E-state index contributed by atoms with van der Waals surface area (Å²) in [6.45, 7) is 11.4. The largest absolute Gasteiger partial charge is 0.466 e. The molecule has 0 rings (SSSR count). The molecule has 0 aliphatic rings. The maximum Gasteiger partial charge on any atom is 0.313 e. The van der Waals surface area contributed by atoms with Crippen LogP contribution in [0.2, 0.25) is 0 Å². The van der Waals surface area contributed by atoms with Crippen LogP contribution < -0.4 is 0 Å². The van der Waals surface area contributed by atoms with Gasteiger partial charge in [-0.1, -0.05) is 27.2 Å². The van der Waals surface area contributed by atoms with Gasteiger partial charge < -0.3 is 4.74 Å². The Balaban J connectivity index is 0. The normalized spacial score (nSPS) is 9.00. The van der Waals surface area contributed by atoms with Crippen molar-refractivity contribution in [3.63, 3.8) is 0 Å². The third-order valence-corrected chi connectivity index (χ3v) is 1.28. The van der Waals surface area contributed by atoms with Crippen LogP contribution in [0.25, 0.3) is 0 Å². The summed E-state index contributed by atoms with van der Waals surface area (Å²) in [6, 6.07) is 0. The van der Waals surface area contributed by atoms with E-state index in [4.69, 9.17) is 0 Å². The van der Waals surface area contributed by atoms with Gasteiger partial charge in [0.25, 0.3) is 0 Å². The highest BCUT2D eigenvalue weighted by atomic mass is 16.5. The molecule has 0 amide bonds. The van der Waals surface area contributed by atoms with Crippen LogP contribution in [0.3, 0.4) is 0 Å². The van der Waals surface area contributed by atoms with Crippen molar-refractivity contribution in [1.29, 1.82) is 0 Å². The summed E-state index contributed by atoms with van der Waals surface area (Å²) in [5.74, 6) is 0.174. The fourth-order valence-corrected chi connectivity index (χ4v) is 0.415.